The van der Waals surface area contributed by atoms with Gasteiger partial charge in [0.2, 0.25) is 0 Å². The van der Waals surface area contributed by atoms with Crippen molar-refractivity contribution in [1.29, 1.82) is 0 Å². The predicted molar refractivity (Wildman–Crippen MR) is 123 cm³/mol. The number of aryl methyl sites for hydroxylation is 3. The van der Waals surface area contributed by atoms with E-state index in [2.05, 4.69) is 38.5 Å². The molecule has 1 amide bonds. The lowest BCUT2D eigenvalue weighted by atomic mass is 10.1. The first-order chi connectivity index (χ1) is 14.9. The molecule has 6 heteroatoms. The first-order valence-corrected chi connectivity index (χ1v) is 10.2. The number of nitrogens with one attached hydrogen (secondary N) is 1. The van der Waals surface area contributed by atoms with Crippen molar-refractivity contribution < 1.29 is 4.79 Å². The van der Waals surface area contributed by atoms with Crippen LogP contribution >= 0.6 is 0 Å². The molecular weight excluding hydrogens is 386 g/mol. The molecule has 0 saturated heterocycles. The summed E-state index contributed by atoms with van der Waals surface area (Å²) in [6.07, 6.45) is 2.51. The van der Waals surface area contributed by atoms with Gasteiger partial charge in [-0.3, -0.25) is 9.78 Å². The van der Waals surface area contributed by atoms with Crippen LogP contribution in [0.5, 0.6) is 0 Å². The molecule has 0 aliphatic rings. The van der Waals surface area contributed by atoms with Crippen molar-refractivity contribution in [1.82, 2.24) is 20.3 Å². The number of hydrogen-bond donors (Lipinski definition) is 2. The molecular formula is C25H25N5O. The quantitative estimate of drug-likeness (QED) is 0.517. The maximum atomic E-state index is 12.7. The van der Waals surface area contributed by atoms with Crippen LogP contribution in [0.3, 0.4) is 0 Å². The third-order valence-corrected chi connectivity index (χ3v) is 5.31. The van der Waals surface area contributed by atoms with Gasteiger partial charge in [-0.2, -0.15) is 0 Å². The van der Waals surface area contributed by atoms with Crippen molar-refractivity contribution in [3.8, 4) is 0 Å². The predicted octanol–water partition coefficient (Wildman–Crippen LogP) is 4.05. The number of benzene rings is 1. The molecule has 0 saturated carbocycles. The summed E-state index contributed by atoms with van der Waals surface area (Å²) in [7, 11) is 0. The Morgan fingerprint density at radius 2 is 1.87 bits per heavy atom. The van der Waals surface area contributed by atoms with Crippen molar-refractivity contribution in [2.75, 3.05) is 5.73 Å². The Balaban J connectivity index is 1.48. The minimum Gasteiger partial charge on any atom is -0.384 e. The molecule has 0 aliphatic heterocycles. The molecule has 31 heavy (non-hydrogen) atoms. The van der Waals surface area contributed by atoms with E-state index in [4.69, 9.17) is 5.73 Å². The van der Waals surface area contributed by atoms with Crippen LogP contribution in [-0.2, 0) is 13.0 Å². The molecule has 0 spiro atoms. The van der Waals surface area contributed by atoms with E-state index in [1.807, 2.05) is 51.2 Å². The average Bonchev–Trinajstić information content (AvgIpc) is 2.72. The molecule has 6 nitrogen and oxygen atoms in total. The van der Waals surface area contributed by atoms with E-state index >= 15 is 0 Å². The number of nitrogen functional groups attached to an aromatic ring is 1. The summed E-state index contributed by atoms with van der Waals surface area (Å²) < 4.78 is 0. The van der Waals surface area contributed by atoms with E-state index in [-0.39, 0.29) is 5.91 Å². The average molecular weight is 412 g/mol. The Hall–Kier alpha value is -3.80. The van der Waals surface area contributed by atoms with Gasteiger partial charge in [0.1, 0.15) is 11.5 Å². The highest BCUT2D eigenvalue weighted by molar-refractivity contribution is 5.92. The standard InChI is InChI=1S/C25H25N5O/c1-15-9-19-11-18(7-8-22(19)27-13-15)12-20-5-4-6-23(30-20)25(31)28-14-21-16(2)10-24(26)29-17(21)3/h4-11,13H,12,14H2,1-3H3,(H2,26,29)(H,28,31). The summed E-state index contributed by atoms with van der Waals surface area (Å²) in [6.45, 7) is 6.27. The number of nitrogens with zero attached hydrogens (tertiary/aromatic N) is 3. The minimum absolute atomic E-state index is 0.212. The highest BCUT2D eigenvalue weighted by Crippen LogP contribution is 2.18. The van der Waals surface area contributed by atoms with Crippen molar-refractivity contribution in [3.63, 3.8) is 0 Å². The first kappa shape index (κ1) is 20.5. The number of nitrogens with two attached hydrogens (primary N) is 1. The molecule has 3 N–H and O–H groups in total. The van der Waals surface area contributed by atoms with Crippen LogP contribution in [0, 0.1) is 20.8 Å². The van der Waals surface area contributed by atoms with Gasteiger partial charge in [0.25, 0.3) is 5.91 Å². The summed E-state index contributed by atoms with van der Waals surface area (Å²) in [4.78, 5) is 26.0. The number of hydrogen-bond acceptors (Lipinski definition) is 5. The molecule has 0 unspecified atom stereocenters. The Labute approximate surface area is 181 Å². The zero-order valence-electron chi connectivity index (χ0n) is 17.9. The Morgan fingerprint density at radius 1 is 1.03 bits per heavy atom. The monoisotopic (exact) mass is 411 g/mol. The minimum atomic E-state index is -0.212. The molecule has 0 bridgehead atoms. The molecule has 0 fully saturated rings. The lowest BCUT2D eigenvalue weighted by Crippen LogP contribution is -2.25. The Bertz CT molecular complexity index is 1260. The number of rotatable bonds is 5. The normalized spacial score (nSPS) is 10.9. The summed E-state index contributed by atoms with van der Waals surface area (Å²) >= 11 is 0. The number of aromatic nitrogens is 3. The number of carbonyl (C=O) groups is 1. The van der Waals surface area contributed by atoms with Crippen LogP contribution in [-0.4, -0.2) is 20.9 Å². The van der Waals surface area contributed by atoms with Crippen LogP contribution in [0.4, 0.5) is 5.82 Å². The largest absolute Gasteiger partial charge is 0.384 e. The Morgan fingerprint density at radius 3 is 2.68 bits per heavy atom. The smallest absolute Gasteiger partial charge is 0.270 e. The fourth-order valence-corrected chi connectivity index (χ4v) is 3.73. The second-order valence-corrected chi connectivity index (χ2v) is 7.84. The highest BCUT2D eigenvalue weighted by atomic mass is 16.1. The molecule has 3 aromatic heterocycles. The maximum Gasteiger partial charge on any atom is 0.270 e. The van der Waals surface area contributed by atoms with Gasteiger partial charge in [-0.05, 0) is 79.4 Å². The fourth-order valence-electron chi connectivity index (χ4n) is 3.73. The van der Waals surface area contributed by atoms with Crippen LogP contribution in [0.2, 0.25) is 0 Å². The number of amides is 1. The van der Waals surface area contributed by atoms with E-state index < -0.39 is 0 Å². The maximum absolute atomic E-state index is 12.7. The van der Waals surface area contributed by atoms with Gasteiger partial charge in [-0.15, -0.1) is 0 Å². The van der Waals surface area contributed by atoms with Crippen molar-refractivity contribution in [2.24, 2.45) is 0 Å². The van der Waals surface area contributed by atoms with Crippen LogP contribution in [0.25, 0.3) is 10.9 Å². The molecule has 4 aromatic rings. The van der Waals surface area contributed by atoms with Gasteiger partial charge in [0, 0.05) is 35.9 Å². The molecule has 3 heterocycles. The van der Waals surface area contributed by atoms with Gasteiger partial charge in [-0.25, -0.2) is 9.97 Å². The zero-order chi connectivity index (χ0) is 22.0. The lowest BCUT2D eigenvalue weighted by molar-refractivity contribution is 0.0945. The number of pyridine rings is 3. The van der Waals surface area contributed by atoms with Gasteiger partial charge in [-0.1, -0.05) is 12.1 Å². The summed E-state index contributed by atoms with van der Waals surface area (Å²) in [5.74, 6) is 0.273. The zero-order valence-corrected chi connectivity index (χ0v) is 17.9. The SMILES string of the molecule is Cc1cnc2ccc(Cc3cccc(C(=O)NCc4c(C)cc(N)nc4C)n3)cc2c1. The van der Waals surface area contributed by atoms with Gasteiger partial charge < -0.3 is 11.1 Å². The van der Waals surface area contributed by atoms with E-state index in [1.54, 1.807) is 6.07 Å². The Kier molecular flexibility index (Phi) is 5.62. The van der Waals surface area contributed by atoms with Gasteiger partial charge >= 0.3 is 0 Å². The van der Waals surface area contributed by atoms with Crippen molar-refractivity contribution >= 4 is 22.6 Å². The van der Waals surface area contributed by atoms with E-state index in [0.29, 0.717) is 24.5 Å². The molecule has 4 rings (SSSR count). The highest BCUT2D eigenvalue weighted by Gasteiger charge is 2.11. The topological polar surface area (TPSA) is 93.8 Å². The third kappa shape index (κ3) is 4.69. The molecule has 156 valence electrons. The van der Waals surface area contributed by atoms with Crippen molar-refractivity contribution in [2.45, 2.75) is 33.7 Å². The number of fused-ring (bicyclic) bond motifs is 1. The first-order valence-electron chi connectivity index (χ1n) is 10.2. The molecule has 0 aliphatic carbocycles. The summed E-state index contributed by atoms with van der Waals surface area (Å²) in [5.41, 5.74) is 13.0. The third-order valence-electron chi connectivity index (χ3n) is 5.31. The molecule has 0 atom stereocenters. The number of carbonyl (C=O) groups excluding carboxylic acids is 1. The van der Waals surface area contributed by atoms with Gasteiger partial charge in [0.15, 0.2) is 0 Å². The van der Waals surface area contributed by atoms with Gasteiger partial charge in [0.05, 0.1) is 5.52 Å². The summed E-state index contributed by atoms with van der Waals surface area (Å²) in [5, 5.41) is 4.05. The fraction of sp³-hybridized carbons (Fsp3) is 0.200. The number of anilines is 1. The van der Waals surface area contributed by atoms with Crippen LogP contribution in [0.15, 0.2) is 54.7 Å². The van der Waals surface area contributed by atoms with Crippen LogP contribution in [0.1, 0.15) is 44.1 Å². The second-order valence-electron chi connectivity index (χ2n) is 7.84. The van der Waals surface area contributed by atoms with E-state index in [0.717, 1.165) is 44.5 Å². The molecule has 1 aromatic carbocycles. The lowest BCUT2D eigenvalue weighted by Gasteiger charge is -2.11. The summed E-state index contributed by atoms with van der Waals surface area (Å²) in [6, 6.07) is 15.7. The van der Waals surface area contributed by atoms with E-state index in [9.17, 15) is 4.79 Å². The second kappa shape index (κ2) is 8.52. The molecule has 0 radical (unpaired) electrons. The van der Waals surface area contributed by atoms with Crippen molar-refractivity contribution in [3.05, 3.63) is 94.1 Å². The van der Waals surface area contributed by atoms with Crippen LogP contribution < -0.4 is 11.1 Å². The van der Waals surface area contributed by atoms with E-state index in [1.165, 1.54) is 0 Å².